The lowest BCUT2D eigenvalue weighted by atomic mass is 9.98. The largest absolute Gasteiger partial charge is 0.376 e. The summed E-state index contributed by atoms with van der Waals surface area (Å²) < 4.78 is 14.5. The van der Waals surface area contributed by atoms with Crippen LogP contribution >= 0.6 is 11.3 Å². The maximum Gasteiger partial charge on any atom is 0.310 e. The van der Waals surface area contributed by atoms with Crippen LogP contribution in [0.1, 0.15) is 29.5 Å². The van der Waals surface area contributed by atoms with Gasteiger partial charge in [0.05, 0.1) is 12.1 Å². The summed E-state index contributed by atoms with van der Waals surface area (Å²) in [5.41, 5.74) is 3.63. The van der Waals surface area contributed by atoms with Gasteiger partial charge in [-0.15, -0.1) is 17.8 Å². The van der Waals surface area contributed by atoms with Gasteiger partial charge in [-0.2, -0.15) is 0 Å². The summed E-state index contributed by atoms with van der Waals surface area (Å²) in [6.45, 7) is 4.35. The smallest absolute Gasteiger partial charge is 0.310 e. The maximum absolute atomic E-state index is 14.5. The van der Waals surface area contributed by atoms with Crippen LogP contribution in [-0.4, -0.2) is 18.4 Å². The molecule has 2 aromatic carbocycles. The van der Waals surface area contributed by atoms with Crippen LogP contribution in [0, 0.1) is 18.2 Å². The molecule has 0 unspecified atom stereocenters. The van der Waals surface area contributed by atoms with Gasteiger partial charge in [-0.25, -0.2) is 4.39 Å². The van der Waals surface area contributed by atoms with Crippen molar-refractivity contribution in [3.05, 3.63) is 89.1 Å². The summed E-state index contributed by atoms with van der Waals surface area (Å²) in [5.74, 6) is 0.438. The van der Waals surface area contributed by atoms with E-state index in [1.807, 2.05) is 47.8 Å². The number of nitrogens with one attached hydrogen (secondary N) is 3. The fourth-order valence-electron chi connectivity index (χ4n) is 3.85. The third-order valence-corrected chi connectivity index (χ3v) is 6.65. The van der Waals surface area contributed by atoms with Crippen LogP contribution in [0.4, 0.5) is 4.39 Å². The van der Waals surface area contributed by atoms with E-state index >= 15 is 0 Å². The van der Waals surface area contributed by atoms with Crippen molar-refractivity contribution < 1.29 is 14.0 Å². The van der Waals surface area contributed by atoms with Crippen LogP contribution in [0.2, 0.25) is 0 Å². The molecule has 1 aromatic heterocycles. The van der Waals surface area contributed by atoms with Gasteiger partial charge >= 0.3 is 11.8 Å². The Kier molecular flexibility index (Phi) is 6.80. The van der Waals surface area contributed by atoms with Crippen molar-refractivity contribution in [1.82, 2.24) is 16.0 Å². The number of terminal acetylenes is 1. The van der Waals surface area contributed by atoms with Crippen LogP contribution in [0.3, 0.4) is 0 Å². The van der Waals surface area contributed by atoms with Gasteiger partial charge in [0.15, 0.2) is 0 Å². The van der Waals surface area contributed by atoms with Gasteiger partial charge in [-0.1, -0.05) is 42.8 Å². The Morgan fingerprint density at radius 3 is 2.56 bits per heavy atom. The zero-order chi connectivity index (χ0) is 24.1. The summed E-state index contributed by atoms with van der Waals surface area (Å²) in [6.07, 6.45) is 6.81. The van der Waals surface area contributed by atoms with Crippen LogP contribution in [0.15, 0.2) is 66.6 Å². The Labute approximate surface area is 202 Å². The van der Waals surface area contributed by atoms with Crippen molar-refractivity contribution in [2.45, 2.75) is 24.9 Å². The van der Waals surface area contributed by atoms with E-state index in [-0.39, 0.29) is 18.9 Å². The van der Waals surface area contributed by atoms with Crippen molar-refractivity contribution in [1.29, 1.82) is 0 Å². The minimum Gasteiger partial charge on any atom is -0.376 e. The number of benzene rings is 2. The number of hydrogen-bond acceptors (Lipinski definition) is 4. The van der Waals surface area contributed by atoms with Gasteiger partial charge in [0.1, 0.15) is 5.82 Å². The van der Waals surface area contributed by atoms with E-state index in [1.165, 1.54) is 0 Å². The summed E-state index contributed by atoms with van der Waals surface area (Å²) in [4.78, 5) is 24.8. The van der Waals surface area contributed by atoms with Crippen molar-refractivity contribution in [2.75, 3.05) is 6.54 Å². The maximum atomic E-state index is 14.5. The molecule has 3 N–H and O–H groups in total. The van der Waals surface area contributed by atoms with Crippen LogP contribution in [-0.2, 0) is 21.7 Å². The molecular weight excluding hydrogens is 449 g/mol. The lowest BCUT2D eigenvalue weighted by molar-refractivity contribution is -0.139. The first kappa shape index (κ1) is 23.3. The quantitative estimate of drug-likeness (QED) is 0.340. The van der Waals surface area contributed by atoms with Crippen molar-refractivity contribution >= 4 is 28.8 Å². The van der Waals surface area contributed by atoms with Gasteiger partial charge in [-0.3, -0.25) is 9.59 Å². The molecule has 1 aliphatic rings. The second kappa shape index (κ2) is 9.94. The average molecular weight is 474 g/mol. The molecule has 1 heterocycles. The predicted molar refractivity (Wildman–Crippen MR) is 133 cm³/mol. The molecule has 4 rings (SSSR count). The highest BCUT2D eigenvalue weighted by Gasteiger charge is 2.45. The number of carbonyl (C=O) groups is 2. The van der Waals surface area contributed by atoms with Crippen LogP contribution < -0.4 is 16.0 Å². The van der Waals surface area contributed by atoms with E-state index in [9.17, 15) is 14.0 Å². The van der Waals surface area contributed by atoms with E-state index in [2.05, 4.69) is 28.4 Å². The van der Waals surface area contributed by atoms with Crippen LogP contribution in [0.25, 0.3) is 16.1 Å². The number of amides is 2. The highest BCUT2D eigenvalue weighted by atomic mass is 32.1. The fraction of sp³-hybridized carbons (Fsp3) is 0.185. The molecule has 0 bridgehead atoms. The molecule has 0 atom stereocenters. The Bertz CT molecular complexity index is 1270. The summed E-state index contributed by atoms with van der Waals surface area (Å²) >= 11 is 1.57. The Hall–Kier alpha value is -3.89. The highest BCUT2D eigenvalue weighted by Crippen LogP contribution is 2.48. The van der Waals surface area contributed by atoms with E-state index in [4.69, 9.17) is 6.42 Å². The molecule has 3 aromatic rings. The first-order valence-electron chi connectivity index (χ1n) is 10.8. The third kappa shape index (κ3) is 5.19. The van der Waals surface area contributed by atoms with Crippen molar-refractivity contribution in [2.24, 2.45) is 0 Å². The second-order valence-electron chi connectivity index (χ2n) is 8.12. The molecule has 0 aliphatic heterocycles. The zero-order valence-electron chi connectivity index (χ0n) is 18.5. The molecule has 5 nitrogen and oxygen atoms in total. The lowest BCUT2D eigenvalue weighted by Crippen LogP contribution is -2.39. The monoisotopic (exact) mass is 473 g/mol. The summed E-state index contributed by atoms with van der Waals surface area (Å²) in [6, 6.07) is 16.6. The minimum atomic E-state index is -0.781. The van der Waals surface area contributed by atoms with Gasteiger partial charge in [0.25, 0.3) is 0 Å². The first-order valence-corrected chi connectivity index (χ1v) is 11.7. The van der Waals surface area contributed by atoms with Gasteiger partial charge < -0.3 is 16.0 Å². The SMILES string of the molecule is C#CCNC(=O)C(=O)NCc1ccccc1C(=C)NC1(c2cc(F)cc(-c3cccs3)c2)CC1. The minimum absolute atomic E-state index is 0.0140. The molecule has 7 heteroatoms. The van der Waals surface area contributed by atoms with Gasteiger partial charge in [-0.05, 0) is 59.2 Å². The number of halogens is 1. The molecule has 172 valence electrons. The molecular formula is C27H24FN3O2S. The van der Waals surface area contributed by atoms with Crippen molar-refractivity contribution in [3.8, 4) is 22.8 Å². The van der Waals surface area contributed by atoms with E-state index < -0.39 is 17.4 Å². The number of hydrogen-bond donors (Lipinski definition) is 3. The van der Waals surface area contributed by atoms with E-state index in [0.29, 0.717) is 5.70 Å². The molecule has 1 fully saturated rings. The number of carbonyl (C=O) groups excluding carboxylic acids is 2. The molecule has 34 heavy (non-hydrogen) atoms. The van der Waals surface area contributed by atoms with E-state index in [0.717, 1.165) is 40.0 Å². The summed E-state index contributed by atoms with van der Waals surface area (Å²) in [7, 11) is 0. The standard InChI is InChI=1S/C27H24FN3O2S/c1-3-12-29-25(32)26(33)30-17-19-7-4-5-8-23(19)18(2)31-27(10-11-27)21-14-20(15-22(28)16-21)24-9-6-13-34-24/h1,4-9,13-16,31H,2,10-12,17H2,(H,29,32)(H,30,33). The van der Waals surface area contributed by atoms with Gasteiger partial charge in [0, 0.05) is 22.7 Å². The molecule has 0 saturated heterocycles. The predicted octanol–water partition coefficient (Wildman–Crippen LogP) is 4.17. The molecule has 0 radical (unpaired) electrons. The average Bonchev–Trinajstić information content (AvgIpc) is 3.40. The van der Waals surface area contributed by atoms with Gasteiger partial charge in [0.2, 0.25) is 0 Å². The number of thiophene rings is 1. The molecule has 2 amide bonds. The Balaban J connectivity index is 1.49. The third-order valence-electron chi connectivity index (χ3n) is 5.74. The summed E-state index contributed by atoms with van der Waals surface area (Å²) in [5, 5.41) is 10.4. The normalized spacial score (nSPS) is 13.4. The fourth-order valence-corrected chi connectivity index (χ4v) is 4.57. The molecule has 1 aliphatic carbocycles. The zero-order valence-corrected chi connectivity index (χ0v) is 19.3. The first-order chi connectivity index (χ1) is 16.4. The molecule has 1 saturated carbocycles. The molecule has 0 spiro atoms. The van der Waals surface area contributed by atoms with Crippen molar-refractivity contribution in [3.63, 3.8) is 0 Å². The van der Waals surface area contributed by atoms with E-state index in [1.54, 1.807) is 23.5 Å². The lowest BCUT2D eigenvalue weighted by Gasteiger charge is -2.23. The second-order valence-corrected chi connectivity index (χ2v) is 9.07. The Morgan fingerprint density at radius 2 is 1.85 bits per heavy atom. The Morgan fingerprint density at radius 1 is 1.09 bits per heavy atom. The highest BCUT2D eigenvalue weighted by molar-refractivity contribution is 7.13. The number of rotatable bonds is 8. The van der Waals surface area contributed by atoms with Crippen LogP contribution in [0.5, 0.6) is 0 Å². The topological polar surface area (TPSA) is 70.2 Å².